The van der Waals surface area contributed by atoms with Crippen molar-refractivity contribution in [1.29, 1.82) is 0 Å². The van der Waals surface area contributed by atoms with Crippen LogP contribution in [0.5, 0.6) is 0 Å². The van der Waals surface area contributed by atoms with Crippen LogP contribution in [0, 0.1) is 10.1 Å². The highest BCUT2D eigenvalue weighted by atomic mass is 32.2. The van der Waals surface area contributed by atoms with Gasteiger partial charge in [0, 0.05) is 6.07 Å². The van der Waals surface area contributed by atoms with Gasteiger partial charge in [0.05, 0.1) is 20.9 Å². The number of halogens is 3. The Balaban J connectivity index is 2.72. The number of nitro benzene ring substituents is 1. The van der Waals surface area contributed by atoms with Crippen LogP contribution >= 0.6 is 0 Å². The summed E-state index contributed by atoms with van der Waals surface area (Å²) in [5, 5.41) is 11.5. The molecule has 2 aromatic rings. The lowest BCUT2D eigenvalue weighted by atomic mass is 10.0. The minimum Gasteiger partial charge on any atom is -0.370 e. The summed E-state index contributed by atoms with van der Waals surface area (Å²) in [6, 6.07) is 4.15. The van der Waals surface area contributed by atoms with Crippen molar-refractivity contribution in [3.05, 3.63) is 63.2 Å². The van der Waals surface area contributed by atoms with Crippen LogP contribution in [0.2, 0.25) is 0 Å². The quantitative estimate of drug-likeness (QED) is 0.310. The number of alkyl halides is 3. The van der Waals surface area contributed by atoms with Crippen molar-refractivity contribution in [1.82, 2.24) is 0 Å². The van der Waals surface area contributed by atoms with Gasteiger partial charge in [0.15, 0.2) is 5.96 Å². The molecule has 0 bridgehead atoms. The van der Waals surface area contributed by atoms with E-state index >= 15 is 0 Å². The monoisotopic (exact) mass is 444 g/mol. The van der Waals surface area contributed by atoms with Crippen molar-refractivity contribution >= 4 is 27.4 Å². The Kier molecular flexibility index (Phi) is 6.16. The molecule has 0 heterocycles. The molecule has 0 radical (unpaired) electrons. The number of nitrogens with zero attached hydrogens (tertiary/aromatic N) is 2. The van der Waals surface area contributed by atoms with Gasteiger partial charge >= 0.3 is 6.18 Å². The number of guanidine groups is 1. The smallest absolute Gasteiger partial charge is 0.370 e. The molecular formula is C17H15F3N4O5S. The number of carbonyl (C=O) groups is 1. The summed E-state index contributed by atoms with van der Waals surface area (Å²) in [5.74, 6) is -1.60. The van der Waals surface area contributed by atoms with E-state index in [1.54, 1.807) is 6.92 Å². The molecule has 0 atom stereocenters. The molecule has 0 aliphatic heterocycles. The Hall–Kier alpha value is -3.48. The first-order valence-corrected chi connectivity index (χ1v) is 9.65. The molecule has 0 aliphatic rings. The zero-order chi connectivity index (χ0) is 22.9. The number of hydrogen-bond donors (Lipinski definition) is 2. The summed E-state index contributed by atoms with van der Waals surface area (Å²) in [6.45, 7) is 1.56. The largest absolute Gasteiger partial charge is 0.416 e. The molecule has 2 rings (SSSR count). The maximum absolute atomic E-state index is 12.9. The molecule has 4 N–H and O–H groups in total. The third kappa shape index (κ3) is 4.56. The number of hydrogen-bond acceptors (Lipinski definition) is 5. The molecule has 0 spiro atoms. The zero-order valence-corrected chi connectivity index (χ0v) is 16.1. The Morgan fingerprint density at radius 1 is 1.17 bits per heavy atom. The van der Waals surface area contributed by atoms with Gasteiger partial charge in [-0.25, -0.2) is 8.42 Å². The number of rotatable bonds is 5. The van der Waals surface area contributed by atoms with E-state index < -0.39 is 53.8 Å². The summed E-state index contributed by atoms with van der Waals surface area (Å²) in [4.78, 5) is 24.5. The van der Waals surface area contributed by atoms with Crippen LogP contribution < -0.4 is 11.5 Å². The summed E-state index contributed by atoms with van der Waals surface area (Å²) < 4.78 is 64.0. The summed E-state index contributed by atoms with van der Waals surface area (Å²) in [5.41, 5.74) is 8.07. The number of nitrogens with two attached hydrogens (primary N) is 2. The van der Waals surface area contributed by atoms with Gasteiger partial charge in [-0.2, -0.15) is 18.2 Å². The third-order valence-corrected chi connectivity index (χ3v) is 5.80. The van der Waals surface area contributed by atoms with Crippen molar-refractivity contribution in [2.24, 2.45) is 16.5 Å². The standard InChI is InChI=1S/C17H15F3N4O5S/c1-2-9-7-14(13(24(26)27)8-12(9)15(25)23-16(21)22)30(28,29)11-5-3-10(4-6-11)17(18,19)20/h3-8H,2H2,1H3,(H4,21,22,23,25). The summed E-state index contributed by atoms with van der Waals surface area (Å²) in [7, 11) is -4.58. The molecule has 0 unspecified atom stereocenters. The summed E-state index contributed by atoms with van der Waals surface area (Å²) >= 11 is 0. The second-order valence-electron chi connectivity index (χ2n) is 5.96. The predicted octanol–water partition coefficient (Wildman–Crippen LogP) is 2.42. The van der Waals surface area contributed by atoms with Crippen LogP contribution in [0.15, 0.2) is 51.2 Å². The third-order valence-electron chi connectivity index (χ3n) is 4.00. The Morgan fingerprint density at radius 3 is 2.17 bits per heavy atom. The fourth-order valence-electron chi connectivity index (χ4n) is 2.59. The van der Waals surface area contributed by atoms with Gasteiger partial charge in [-0.3, -0.25) is 14.9 Å². The van der Waals surface area contributed by atoms with Crippen molar-refractivity contribution in [2.45, 2.75) is 29.3 Å². The van der Waals surface area contributed by atoms with Crippen molar-refractivity contribution < 1.29 is 31.3 Å². The second kappa shape index (κ2) is 8.10. The maximum Gasteiger partial charge on any atom is 0.416 e. The van der Waals surface area contributed by atoms with Crippen molar-refractivity contribution in [3.63, 3.8) is 0 Å². The number of aryl methyl sites for hydroxylation is 1. The highest BCUT2D eigenvalue weighted by Crippen LogP contribution is 2.35. The van der Waals surface area contributed by atoms with Crippen LogP contribution in [0.1, 0.15) is 28.4 Å². The molecule has 160 valence electrons. The molecular weight excluding hydrogens is 429 g/mol. The minimum absolute atomic E-state index is 0.0919. The Morgan fingerprint density at radius 2 is 1.73 bits per heavy atom. The molecule has 1 amide bonds. The summed E-state index contributed by atoms with van der Waals surface area (Å²) in [6.07, 6.45) is -4.59. The predicted molar refractivity (Wildman–Crippen MR) is 99.5 cm³/mol. The maximum atomic E-state index is 12.9. The minimum atomic E-state index is -4.68. The molecule has 0 saturated carbocycles. The van der Waals surface area contributed by atoms with E-state index in [1.165, 1.54) is 0 Å². The van der Waals surface area contributed by atoms with Crippen LogP contribution in [-0.2, 0) is 22.4 Å². The van der Waals surface area contributed by atoms with Gasteiger partial charge in [0.2, 0.25) is 9.84 Å². The molecule has 0 aliphatic carbocycles. The molecule has 0 fully saturated rings. The first-order valence-electron chi connectivity index (χ1n) is 8.16. The molecule has 13 heteroatoms. The van der Waals surface area contributed by atoms with Gasteiger partial charge in [-0.15, -0.1) is 0 Å². The number of carbonyl (C=O) groups excluding carboxylic acids is 1. The number of nitro groups is 1. The van der Waals surface area contributed by atoms with E-state index in [2.05, 4.69) is 4.99 Å². The molecule has 0 aromatic heterocycles. The van der Waals surface area contributed by atoms with Gasteiger partial charge in [-0.1, -0.05) is 6.92 Å². The van der Waals surface area contributed by atoms with Crippen molar-refractivity contribution in [2.75, 3.05) is 0 Å². The topological polar surface area (TPSA) is 159 Å². The van der Waals surface area contributed by atoms with E-state index in [1.807, 2.05) is 0 Å². The average Bonchev–Trinajstić information content (AvgIpc) is 2.65. The Bertz CT molecular complexity index is 1140. The van der Waals surface area contributed by atoms with Crippen LogP contribution in [0.25, 0.3) is 0 Å². The first-order chi connectivity index (χ1) is 13.8. The van der Waals surface area contributed by atoms with Crippen LogP contribution in [0.3, 0.4) is 0 Å². The van der Waals surface area contributed by atoms with E-state index in [9.17, 15) is 36.5 Å². The van der Waals surface area contributed by atoms with Gasteiger partial charge in [-0.05, 0) is 42.3 Å². The number of aliphatic imine (C=N–C) groups is 1. The lowest BCUT2D eigenvalue weighted by Gasteiger charge is -2.11. The highest BCUT2D eigenvalue weighted by Gasteiger charge is 2.33. The molecule has 0 saturated heterocycles. The lowest BCUT2D eigenvalue weighted by molar-refractivity contribution is -0.387. The van der Waals surface area contributed by atoms with E-state index in [0.717, 1.165) is 12.1 Å². The number of benzene rings is 2. The average molecular weight is 444 g/mol. The zero-order valence-electron chi connectivity index (χ0n) is 15.3. The normalized spacial score (nSPS) is 11.7. The van der Waals surface area contributed by atoms with Gasteiger partial charge in [0.25, 0.3) is 11.6 Å². The highest BCUT2D eigenvalue weighted by molar-refractivity contribution is 7.91. The lowest BCUT2D eigenvalue weighted by Crippen LogP contribution is -2.24. The molecule has 30 heavy (non-hydrogen) atoms. The second-order valence-corrected chi connectivity index (χ2v) is 7.87. The SMILES string of the molecule is CCc1cc(S(=O)(=O)c2ccc(C(F)(F)F)cc2)c([N+](=O)[O-])cc1C(=O)N=C(N)N. The fourth-order valence-corrected chi connectivity index (χ4v) is 4.04. The van der Waals surface area contributed by atoms with E-state index in [-0.39, 0.29) is 17.5 Å². The van der Waals surface area contributed by atoms with E-state index in [4.69, 9.17) is 11.5 Å². The van der Waals surface area contributed by atoms with Gasteiger partial charge in [0.1, 0.15) is 4.90 Å². The van der Waals surface area contributed by atoms with Crippen molar-refractivity contribution in [3.8, 4) is 0 Å². The molecule has 2 aromatic carbocycles. The number of sulfone groups is 1. The van der Waals surface area contributed by atoms with E-state index in [0.29, 0.717) is 24.3 Å². The number of amides is 1. The van der Waals surface area contributed by atoms with Gasteiger partial charge < -0.3 is 11.5 Å². The Labute approximate surface area is 168 Å². The first kappa shape index (κ1) is 22.8. The fraction of sp³-hybridized carbons (Fsp3) is 0.176. The van der Waals surface area contributed by atoms with Crippen LogP contribution in [0.4, 0.5) is 18.9 Å². The van der Waals surface area contributed by atoms with Crippen LogP contribution in [-0.4, -0.2) is 25.2 Å². The molecule has 9 nitrogen and oxygen atoms in total.